The fourth-order valence-corrected chi connectivity index (χ4v) is 4.29. The number of anilines is 1. The van der Waals surface area contributed by atoms with Crippen molar-refractivity contribution in [3.05, 3.63) is 17.4 Å². The van der Waals surface area contributed by atoms with Gasteiger partial charge >= 0.3 is 0 Å². The number of aromatic nitrogens is 5. The van der Waals surface area contributed by atoms with Crippen LogP contribution in [0, 0.1) is 19.8 Å². The number of fused-ring (bicyclic) bond motifs is 1. The van der Waals surface area contributed by atoms with Gasteiger partial charge in [0.05, 0.1) is 10.4 Å². The summed E-state index contributed by atoms with van der Waals surface area (Å²) in [6, 6.07) is 0. The van der Waals surface area contributed by atoms with E-state index in [9.17, 15) is 0 Å². The van der Waals surface area contributed by atoms with Crippen molar-refractivity contribution in [3.63, 3.8) is 0 Å². The Labute approximate surface area is 138 Å². The molecule has 0 amide bonds. The van der Waals surface area contributed by atoms with E-state index in [0.29, 0.717) is 5.92 Å². The fraction of sp³-hybridized carbons (Fsp3) is 0.600. The smallest absolute Gasteiger partial charge is 0.226 e. The van der Waals surface area contributed by atoms with E-state index >= 15 is 0 Å². The number of aryl methyl sites for hydroxylation is 3. The Hall–Kier alpha value is -1.96. The molecule has 1 aliphatic heterocycles. The Morgan fingerprint density at radius 1 is 1.22 bits per heavy atom. The number of hydrogen-bond acceptors (Lipinski definition) is 7. The van der Waals surface area contributed by atoms with Crippen molar-refractivity contribution in [3.8, 4) is 0 Å². The zero-order chi connectivity index (χ0) is 16.0. The van der Waals surface area contributed by atoms with Crippen molar-refractivity contribution in [1.29, 1.82) is 0 Å². The summed E-state index contributed by atoms with van der Waals surface area (Å²) in [4.78, 5) is 11.5. The van der Waals surface area contributed by atoms with Gasteiger partial charge in [0.25, 0.3) is 0 Å². The molecule has 23 heavy (non-hydrogen) atoms. The van der Waals surface area contributed by atoms with E-state index in [1.807, 2.05) is 25.6 Å². The van der Waals surface area contributed by atoms with E-state index in [0.717, 1.165) is 60.5 Å². The van der Waals surface area contributed by atoms with Crippen molar-refractivity contribution in [2.24, 2.45) is 13.0 Å². The summed E-state index contributed by atoms with van der Waals surface area (Å²) in [6.45, 7) is 5.97. The molecule has 0 radical (unpaired) electrons. The van der Waals surface area contributed by atoms with Gasteiger partial charge in [-0.05, 0) is 32.6 Å². The molecule has 3 aromatic heterocycles. The first-order chi connectivity index (χ1) is 11.1. The molecule has 0 aliphatic carbocycles. The summed E-state index contributed by atoms with van der Waals surface area (Å²) in [5.41, 5.74) is 2.05. The third-order valence-electron chi connectivity index (χ3n) is 4.45. The number of nitrogens with zero attached hydrogens (tertiary/aromatic N) is 6. The molecule has 0 unspecified atom stereocenters. The van der Waals surface area contributed by atoms with Crippen molar-refractivity contribution in [1.82, 2.24) is 24.9 Å². The third-order valence-corrected chi connectivity index (χ3v) is 5.67. The highest BCUT2D eigenvalue weighted by Crippen LogP contribution is 2.33. The van der Waals surface area contributed by atoms with Crippen molar-refractivity contribution < 1.29 is 4.52 Å². The number of thiazole rings is 1. The Balaban J connectivity index is 1.43. The Morgan fingerprint density at radius 3 is 2.65 bits per heavy atom. The van der Waals surface area contributed by atoms with Crippen LogP contribution in [-0.4, -0.2) is 38.0 Å². The van der Waals surface area contributed by atoms with E-state index in [-0.39, 0.29) is 0 Å². The maximum atomic E-state index is 5.24. The lowest BCUT2D eigenvalue weighted by atomic mass is 9.94. The molecule has 0 aromatic carbocycles. The van der Waals surface area contributed by atoms with Crippen LogP contribution in [0.1, 0.15) is 30.3 Å². The van der Waals surface area contributed by atoms with Crippen LogP contribution in [0.25, 0.3) is 10.3 Å². The third kappa shape index (κ3) is 2.71. The number of hydrogen-bond donors (Lipinski definition) is 0. The molecule has 7 nitrogen and oxygen atoms in total. The van der Waals surface area contributed by atoms with Gasteiger partial charge in [-0.1, -0.05) is 16.5 Å². The first-order valence-corrected chi connectivity index (χ1v) is 8.76. The van der Waals surface area contributed by atoms with Gasteiger partial charge in [0.1, 0.15) is 0 Å². The second kappa shape index (κ2) is 5.59. The summed E-state index contributed by atoms with van der Waals surface area (Å²) in [6.07, 6.45) is 3.15. The lowest BCUT2D eigenvalue weighted by molar-refractivity contribution is 0.323. The number of rotatable bonds is 3. The Kier molecular flexibility index (Phi) is 3.56. The minimum absolute atomic E-state index is 0.615. The van der Waals surface area contributed by atoms with Crippen LogP contribution in [0.3, 0.4) is 0 Å². The summed E-state index contributed by atoms with van der Waals surface area (Å²) in [5.74, 6) is 2.10. The largest absolute Gasteiger partial charge is 0.348 e. The molecule has 122 valence electrons. The molecular weight excluding hydrogens is 312 g/mol. The molecule has 8 heteroatoms. The highest BCUT2D eigenvalue weighted by atomic mass is 32.1. The van der Waals surface area contributed by atoms with E-state index < -0.39 is 0 Å². The van der Waals surface area contributed by atoms with Gasteiger partial charge in [0, 0.05) is 26.6 Å². The molecule has 0 atom stereocenters. The lowest BCUT2D eigenvalue weighted by Gasteiger charge is -2.31. The second-order valence-electron chi connectivity index (χ2n) is 6.23. The van der Waals surface area contributed by atoms with Crippen LogP contribution in [-0.2, 0) is 13.5 Å². The normalized spacial score (nSPS) is 16.6. The van der Waals surface area contributed by atoms with Crippen LogP contribution in [0.15, 0.2) is 4.52 Å². The van der Waals surface area contributed by atoms with Crippen LogP contribution < -0.4 is 4.90 Å². The second-order valence-corrected chi connectivity index (χ2v) is 7.21. The van der Waals surface area contributed by atoms with E-state index in [4.69, 9.17) is 9.51 Å². The first-order valence-electron chi connectivity index (χ1n) is 7.94. The van der Waals surface area contributed by atoms with Crippen molar-refractivity contribution >= 4 is 26.8 Å². The minimum atomic E-state index is 0.615. The van der Waals surface area contributed by atoms with E-state index in [2.05, 4.69) is 20.1 Å². The van der Waals surface area contributed by atoms with Crippen LogP contribution in [0.4, 0.5) is 5.13 Å². The molecule has 0 bridgehead atoms. The first kappa shape index (κ1) is 14.6. The summed E-state index contributed by atoms with van der Waals surface area (Å²) in [7, 11) is 1.96. The molecule has 3 aromatic rings. The molecule has 4 heterocycles. The zero-order valence-electron chi connectivity index (χ0n) is 13.6. The van der Waals surface area contributed by atoms with Crippen LogP contribution >= 0.6 is 11.3 Å². The molecule has 1 aliphatic rings. The highest BCUT2D eigenvalue weighted by molar-refractivity contribution is 7.22. The summed E-state index contributed by atoms with van der Waals surface area (Å²) < 4.78 is 8.31. The van der Waals surface area contributed by atoms with Gasteiger partial charge in [-0.25, -0.2) is 9.67 Å². The molecule has 0 saturated carbocycles. The van der Waals surface area contributed by atoms with Gasteiger partial charge in [0.2, 0.25) is 5.89 Å². The maximum Gasteiger partial charge on any atom is 0.226 e. The molecule has 1 fully saturated rings. The summed E-state index contributed by atoms with van der Waals surface area (Å²) in [5, 5.41) is 9.40. The average Bonchev–Trinajstić information content (AvgIpc) is 3.20. The predicted octanol–water partition coefficient (Wildman–Crippen LogP) is 2.49. The standard InChI is InChI=1S/C15H20N6OS/c1-9-13-14(20(3)18-9)17-15(23-13)21-6-4-11(5-7-21)8-12-16-10(2)19-22-12/h11H,4-8H2,1-3H3. The predicted molar refractivity (Wildman–Crippen MR) is 88.8 cm³/mol. The van der Waals surface area contributed by atoms with Gasteiger partial charge in [-0.3, -0.25) is 0 Å². The Morgan fingerprint density at radius 2 is 2.00 bits per heavy atom. The molecule has 1 saturated heterocycles. The molecule has 0 spiro atoms. The topological polar surface area (TPSA) is 72.9 Å². The highest BCUT2D eigenvalue weighted by Gasteiger charge is 2.24. The van der Waals surface area contributed by atoms with Gasteiger partial charge in [-0.2, -0.15) is 10.1 Å². The van der Waals surface area contributed by atoms with E-state index in [1.165, 1.54) is 4.70 Å². The lowest BCUT2D eigenvalue weighted by Crippen LogP contribution is -2.34. The molecule has 0 N–H and O–H groups in total. The minimum Gasteiger partial charge on any atom is -0.348 e. The molecular formula is C15H20N6OS. The Bertz CT molecular complexity index is 792. The molecule has 4 rings (SSSR count). The zero-order valence-corrected chi connectivity index (χ0v) is 14.4. The fourth-order valence-electron chi connectivity index (χ4n) is 3.21. The van der Waals surface area contributed by atoms with Crippen LogP contribution in [0.2, 0.25) is 0 Å². The van der Waals surface area contributed by atoms with Crippen molar-refractivity contribution in [2.75, 3.05) is 18.0 Å². The van der Waals surface area contributed by atoms with E-state index in [1.54, 1.807) is 11.3 Å². The SMILES string of the molecule is Cc1noc(CC2CCN(c3nc4c(s3)c(C)nn4C)CC2)n1. The van der Waals surface area contributed by atoms with Gasteiger partial charge < -0.3 is 9.42 Å². The maximum absolute atomic E-state index is 5.24. The average molecular weight is 332 g/mol. The van der Waals surface area contributed by atoms with Gasteiger partial charge in [0.15, 0.2) is 16.6 Å². The number of piperidine rings is 1. The quantitative estimate of drug-likeness (QED) is 0.734. The summed E-state index contributed by atoms with van der Waals surface area (Å²) >= 11 is 1.75. The monoisotopic (exact) mass is 332 g/mol. The van der Waals surface area contributed by atoms with Gasteiger partial charge in [-0.15, -0.1) is 0 Å². The van der Waals surface area contributed by atoms with Crippen LogP contribution in [0.5, 0.6) is 0 Å². The van der Waals surface area contributed by atoms with Crippen molar-refractivity contribution in [2.45, 2.75) is 33.1 Å².